The second kappa shape index (κ2) is 11.3. The van der Waals surface area contributed by atoms with E-state index >= 15 is 0 Å². The molecule has 3 heterocycles. The molecule has 8 heteroatoms. The summed E-state index contributed by atoms with van der Waals surface area (Å²) in [5.74, 6) is 1.18. The van der Waals surface area contributed by atoms with Gasteiger partial charge in [-0.05, 0) is 24.6 Å². The number of nitrogens with one attached hydrogen (secondary N) is 1. The van der Waals surface area contributed by atoms with Crippen LogP contribution in [-0.2, 0) is 16.1 Å². The fraction of sp³-hybridized carbons (Fsp3) is 0.583. The molecule has 0 atom stereocenters. The first-order valence-electron chi connectivity index (χ1n) is 11.8. The Bertz CT molecular complexity index is 787. The van der Waals surface area contributed by atoms with Crippen molar-refractivity contribution >= 4 is 17.6 Å². The second-order valence-corrected chi connectivity index (χ2v) is 8.47. The number of ether oxygens (including phenoxy) is 1. The molecule has 174 valence electrons. The number of amides is 1. The van der Waals surface area contributed by atoms with Gasteiger partial charge in [-0.1, -0.05) is 24.3 Å². The highest BCUT2D eigenvalue weighted by Crippen LogP contribution is 2.18. The lowest BCUT2D eigenvalue weighted by atomic mass is 10.2. The number of anilines is 1. The van der Waals surface area contributed by atoms with Gasteiger partial charge in [-0.3, -0.25) is 9.69 Å². The topological polar surface area (TPSA) is 63.7 Å². The Morgan fingerprint density at radius 2 is 1.66 bits per heavy atom. The molecule has 0 unspecified atom stereocenters. The third-order valence-electron chi connectivity index (χ3n) is 6.26. The summed E-state index contributed by atoms with van der Waals surface area (Å²) in [7, 11) is 0. The van der Waals surface area contributed by atoms with Crippen LogP contribution in [0.5, 0.6) is 0 Å². The molecule has 0 bridgehead atoms. The van der Waals surface area contributed by atoms with Crippen LogP contribution in [-0.4, -0.2) is 105 Å². The van der Waals surface area contributed by atoms with Crippen molar-refractivity contribution in [1.82, 2.24) is 20.0 Å². The predicted octanol–water partition coefficient (Wildman–Crippen LogP) is 1.00. The molecule has 1 aromatic rings. The molecule has 2 fully saturated rings. The standard InChI is InChI=1S/C24H36N6O2/c1-2-25-24(26-19-21-5-7-22(8-6-21)28-9-3-4-10-28)30-13-11-27(12-14-30)20-23(31)29-15-17-32-18-16-29/h3-8H,2,9-20H2,1H3,(H,25,26). The number of hydrogen-bond acceptors (Lipinski definition) is 5. The summed E-state index contributed by atoms with van der Waals surface area (Å²) in [6, 6.07) is 8.73. The number of hydrogen-bond donors (Lipinski definition) is 1. The van der Waals surface area contributed by atoms with Crippen molar-refractivity contribution in [2.45, 2.75) is 13.5 Å². The molecule has 1 amide bonds. The summed E-state index contributed by atoms with van der Waals surface area (Å²) in [6.45, 7) is 12.3. The lowest BCUT2D eigenvalue weighted by Gasteiger charge is -2.37. The number of benzene rings is 1. The van der Waals surface area contributed by atoms with E-state index < -0.39 is 0 Å². The Morgan fingerprint density at radius 1 is 0.969 bits per heavy atom. The summed E-state index contributed by atoms with van der Waals surface area (Å²) in [6.07, 6.45) is 4.42. The minimum Gasteiger partial charge on any atom is -0.378 e. The molecule has 0 spiro atoms. The van der Waals surface area contributed by atoms with Crippen LogP contribution in [0.2, 0.25) is 0 Å². The van der Waals surface area contributed by atoms with E-state index in [4.69, 9.17) is 9.73 Å². The first-order valence-corrected chi connectivity index (χ1v) is 11.8. The van der Waals surface area contributed by atoms with E-state index in [2.05, 4.69) is 63.4 Å². The van der Waals surface area contributed by atoms with E-state index in [9.17, 15) is 4.79 Å². The number of aliphatic imine (C=N–C) groups is 1. The minimum absolute atomic E-state index is 0.218. The number of piperazine rings is 1. The first kappa shape index (κ1) is 22.6. The molecule has 32 heavy (non-hydrogen) atoms. The van der Waals surface area contributed by atoms with Gasteiger partial charge in [0.2, 0.25) is 5.91 Å². The van der Waals surface area contributed by atoms with Crippen LogP contribution >= 0.6 is 0 Å². The molecule has 3 aliphatic heterocycles. The maximum Gasteiger partial charge on any atom is 0.236 e. The average Bonchev–Trinajstić information content (AvgIpc) is 3.38. The van der Waals surface area contributed by atoms with Crippen LogP contribution in [0.1, 0.15) is 12.5 Å². The monoisotopic (exact) mass is 440 g/mol. The molecule has 2 saturated heterocycles. The van der Waals surface area contributed by atoms with Gasteiger partial charge in [0, 0.05) is 64.6 Å². The Labute approximate surface area is 191 Å². The smallest absolute Gasteiger partial charge is 0.236 e. The van der Waals surface area contributed by atoms with E-state index in [1.165, 1.54) is 11.3 Å². The molecular formula is C24H36N6O2. The predicted molar refractivity (Wildman–Crippen MR) is 128 cm³/mol. The summed E-state index contributed by atoms with van der Waals surface area (Å²) in [5, 5.41) is 3.44. The molecule has 1 aromatic carbocycles. The third kappa shape index (κ3) is 6.01. The highest BCUT2D eigenvalue weighted by atomic mass is 16.5. The number of guanidine groups is 1. The van der Waals surface area contributed by atoms with Gasteiger partial charge in [0.15, 0.2) is 5.96 Å². The summed E-state index contributed by atoms with van der Waals surface area (Å²) in [5.41, 5.74) is 2.48. The van der Waals surface area contributed by atoms with Gasteiger partial charge in [0.25, 0.3) is 0 Å². The normalized spacial score (nSPS) is 20.2. The zero-order valence-corrected chi connectivity index (χ0v) is 19.2. The Morgan fingerprint density at radius 3 is 2.31 bits per heavy atom. The van der Waals surface area contributed by atoms with E-state index in [0.717, 1.165) is 51.8 Å². The van der Waals surface area contributed by atoms with Crippen molar-refractivity contribution < 1.29 is 9.53 Å². The molecule has 0 aliphatic carbocycles. The van der Waals surface area contributed by atoms with Crippen LogP contribution in [0.25, 0.3) is 0 Å². The molecular weight excluding hydrogens is 404 g/mol. The van der Waals surface area contributed by atoms with Crippen molar-refractivity contribution in [2.75, 3.05) is 83.6 Å². The lowest BCUT2D eigenvalue weighted by molar-refractivity contribution is -0.136. The van der Waals surface area contributed by atoms with Gasteiger partial charge in [0.1, 0.15) is 0 Å². The molecule has 0 aromatic heterocycles. The summed E-state index contributed by atoms with van der Waals surface area (Å²) < 4.78 is 5.35. The Hall–Kier alpha value is -2.58. The maximum atomic E-state index is 12.5. The number of nitrogens with zero attached hydrogens (tertiary/aromatic N) is 5. The largest absolute Gasteiger partial charge is 0.378 e. The van der Waals surface area contributed by atoms with Crippen LogP contribution < -0.4 is 10.2 Å². The molecule has 4 rings (SSSR count). The van der Waals surface area contributed by atoms with Crippen LogP contribution in [0.3, 0.4) is 0 Å². The minimum atomic E-state index is 0.218. The Kier molecular flexibility index (Phi) is 8.01. The third-order valence-corrected chi connectivity index (χ3v) is 6.26. The van der Waals surface area contributed by atoms with Crippen LogP contribution in [0, 0.1) is 0 Å². The van der Waals surface area contributed by atoms with Gasteiger partial charge in [-0.15, -0.1) is 0 Å². The van der Waals surface area contributed by atoms with Crippen molar-refractivity contribution in [3.05, 3.63) is 42.0 Å². The second-order valence-electron chi connectivity index (χ2n) is 8.47. The van der Waals surface area contributed by atoms with Crippen molar-refractivity contribution in [1.29, 1.82) is 0 Å². The van der Waals surface area contributed by atoms with Gasteiger partial charge in [0.05, 0.1) is 26.3 Å². The van der Waals surface area contributed by atoms with E-state index in [1.807, 2.05) is 4.90 Å². The summed E-state index contributed by atoms with van der Waals surface area (Å²) >= 11 is 0. The van der Waals surface area contributed by atoms with Crippen molar-refractivity contribution in [2.24, 2.45) is 4.99 Å². The fourth-order valence-electron chi connectivity index (χ4n) is 4.31. The molecule has 8 nitrogen and oxygen atoms in total. The van der Waals surface area contributed by atoms with Crippen molar-refractivity contribution in [3.8, 4) is 0 Å². The fourth-order valence-corrected chi connectivity index (χ4v) is 4.31. The number of morpholine rings is 1. The highest BCUT2D eigenvalue weighted by Gasteiger charge is 2.24. The zero-order valence-electron chi connectivity index (χ0n) is 19.2. The first-order chi connectivity index (χ1) is 15.7. The molecule has 0 radical (unpaired) electrons. The van der Waals surface area contributed by atoms with Crippen LogP contribution in [0.4, 0.5) is 5.69 Å². The summed E-state index contributed by atoms with van der Waals surface area (Å²) in [4.78, 5) is 26.2. The Balaban J connectivity index is 1.27. The van der Waals surface area contributed by atoms with E-state index in [0.29, 0.717) is 39.4 Å². The van der Waals surface area contributed by atoms with Crippen molar-refractivity contribution in [3.63, 3.8) is 0 Å². The SMILES string of the molecule is CCNC(=NCc1ccc(N2CC=CC2)cc1)N1CCN(CC(=O)N2CCOCC2)CC1. The molecule has 0 saturated carbocycles. The van der Waals surface area contributed by atoms with Gasteiger partial charge < -0.3 is 24.8 Å². The van der Waals surface area contributed by atoms with E-state index in [-0.39, 0.29) is 5.91 Å². The number of carbonyl (C=O) groups excluding carboxylic acids is 1. The lowest BCUT2D eigenvalue weighted by Crippen LogP contribution is -2.54. The number of rotatable bonds is 6. The van der Waals surface area contributed by atoms with Gasteiger partial charge in [-0.25, -0.2) is 4.99 Å². The van der Waals surface area contributed by atoms with Gasteiger partial charge in [-0.2, -0.15) is 0 Å². The number of carbonyl (C=O) groups is 1. The van der Waals surface area contributed by atoms with Gasteiger partial charge >= 0.3 is 0 Å². The highest BCUT2D eigenvalue weighted by molar-refractivity contribution is 5.80. The quantitative estimate of drug-likeness (QED) is 0.405. The molecule has 1 N–H and O–H groups in total. The van der Waals surface area contributed by atoms with E-state index in [1.54, 1.807) is 0 Å². The molecule has 3 aliphatic rings. The zero-order chi connectivity index (χ0) is 22.2. The average molecular weight is 441 g/mol. The maximum absolute atomic E-state index is 12.5. The van der Waals surface area contributed by atoms with Crippen LogP contribution in [0.15, 0.2) is 41.4 Å².